The summed E-state index contributed by atoms with van der Waals surface area (Å²) in [7, 11) is 0. The van der Waals surface area contributed by atoms with Crippen LogP contribution in [0.3, 0.4) is 0 Å². The lowest BCUT2D eigenvalue weighted by Crippen LogP contribution is -2.45. The molecule has 0 aliphatic rings. The lowest BCUT2D eigenvalue weighted by molar-refractivity contribution is -0.143. The maximum atomic E-state index is 12.5. The molecule has 0 saturated heterocycles. The zero-order valence-electron chi connectivity index (χ0n) is 60.0. The summed E-state index contributed by atoms with van der Waals surface area (Å²) < 4.78 is 5.52. The summed E-state index contributed by atoms with van der Waals surface area (Å²) >= 11 is 0. The van der Waals surface area contributed by atoms with Gasteiger partial charge in [-0.25, -0.2) is 0 Å². The van der Waals surface area contributed by atoms with Crippen LogP contribution in [0.25, 0.3) is 0 Å². The highest BCUT2D eigenvalue weighted by molar-refractivity contribution is 5.76. The van der Waals surface area contributed by atoms with Gasteiger partial charge < -0.3 is 20.3 Å². The van der Waals surface area contributed by atoms with Crippen LogP contribution in [0.2, 0.25) is 0 Å². The number of aliphatic hydroxyl groups is 2. The van der Waals surface area contributed by atoms with Gasteiger partial charge in [-0.15, -0.1) is 0 Å². The number of hydrogen-bond acceptors (Lipinski definition) is 5. The van der Waals surface area contributed by atoms with Gasteiger partial charge in [0, 0.05) is 12.8 Å². The van der Waals surface area contributed by atoms with E-state index < -0.39 is 12.1 Å². The molecule has 522 valence electrons. The molecule has 0 aliphatic heterocycles. The van der Waals surface area contributed by atoms with Crippen molar-refractivity contribution >= 4 is 11.9 Å². The van der Waals surface area contributed by atoms with Gasteiger partial charge in [0.05, 0.1) is 25.4 Å². The van der Waals surface area contributed by atoms with E-state index in [1.54, 1.807) is 0 Å². The fourth-order valence-corrected chi connectivity index (χ4v) is 13.0. The molecule has 0 fully saturated rings. The van der Waals surface area contributed by atoms with Crippen molar-refractivity contribution in [2.24, 2.45) is 0 Å². The van der Waals surface area contributed by atoms with Crippen molar-refractivity contribution in [3.8, 4) is 0 Å². The first-order valence-electron chi connectivity index (χ1n) is 40.6. The largest absolute Gasteiger partial charge is 0.466 e. The molecule has 0 rings (SSSR count). The molecule has 0 aromatic heterocycles. The summed E-state index contributed by atoms with van der Waals surface area (Å²) in [6.45, 7) is 5.00. The Kier molecular flexibility index (Phi) is 76.3. The molecule has 0 aromatic rings. The standard InChI is InChI=1S/C82H159NO5/c1-3-5-7-9-11-13-15-17-19-20-45-48-52-56-60-64-68-72-76-82(87)88-77-73-69-65-61-57-53-49-46-43-41-39-37-35-33-31-29-27-25-23-21-22-24-26-28-30-32-34-36-38-40-42-44-47-51-55-59-63-67-71-75-81(86)83-79(78-84)80(85)74-70-66-62-58-54-50-18-16-14-12-10-8-6-4-2/h19-22,79-80,84-85H,3-18,23-78H2,1-2H3,(H,83,86)/b20-19-,22-21-. The van der Waals surface area contributed by atoms with Gasteiger partial charge in [0.15, 0.2) is 0 Å². The molecule has 2 unspecified atom stereocenters. The maximum Gasteiger partial charge on any atom is 0.305 e. The molecule has 0 bridgehead atoms. The van der Waals surface area contributed by atoms with Gasteiger partial charge in [-0.05, 0) is 77.0 Å². The van der Waals surface area contributed by atoms with E-state index in [1.165, 1.54) is 392 Å². The minimum atomic E-state index is -0.660. The van der Waals surface area contributed by atoms with Crippen LogP contribution in [0, 0.1) is 0 Å². The molecule has 0 saturated carbocycles. The molecular weight excluding hydrogens is 1080 g/mol. The van der Waals surface area contributed by atoms with Crippen LogP contribution in [-0.2, 0) is 14.3 Å². The predicted octanol–water partition coefficient (Wildman–Crippen LogP) is 26.8. The molecule has 6 heteroatoms. The van der Waals surface area contributed by atoms with Crippen LogP contribution in [0.15, 0.2) is 24.3 Å². The Labute approximate surface area is 551 Å². The third-order valence-corrected chi connectivity index (χ3v) is 19.2. The van der Waals surface area contributed by atoms with Crippen molar-refractivity contribution in [2.75, 3.05) is 13.2 Å². The summed E-state index contributed by atoms with van der Waals surface area (Å²) in [5, 5.41) is 23.3. The van der Waals surface area contributed by atoms with Gasteiger partial charge >= 0.3 is 5.97 Å². The van der Waals surface area contributed by atoms with Gasteiger partial charge in [-0.1, -0.05) is 398 Å². The Morgan fingerprint density at radius 2 is 0.534 bits per heavy atom. The molecule has 0 radical (unpaired) electrons. The topological polar surface area (TPSA) is 95.9 Å². The molecule has 88 heavy (non-hydrogen) atoms. The first-order valence-corrected chi connectivity index (χ1v) is 40.6. The molecule has 0 aliphatic carbocycles. The Morgan fingerprint density at radius 3 is 0.807 bits per heavy atom. The summed E-state index contributed by atoms with van der Waals surface area (Å²) in [5.41, 5.74) is 0. The number of ether oxygens (including phenoxy) is 1. The van der Waals surface area contributed by atoms with Crippen LogP contribution >= 0.6 is 0 Å². The Morgan fingerprint density at radius 1 is 0.307 bits per heavy atom. The van der Waals surface area contributed by atoms with Crippen LogP contribution in [0.1, 0.15) is 463 Å². The smallest absolute Gasteiger partial charge is 0.305 e. The lowest BCUT2D eigenvalue weighted by atomic mass is 10.0. The summed E-state index contributed by atoms with van der Waals surface area (Å²) in [5.74, 6) is -0.00688. The van der Waals surface area contributed by atoms with E-state index in [9.17, 15) is 19.8 Å². The molecule has 0 spiro atoms. The molecule has 6 nitrogen and oxygen atoms in total. The minimum absolute atomic E-state index is 0.0205. The molecule has 0 aromatic carbocycles. The number of nitrogens with one attached hydrogen (secondary N) is 1. The quantitative estimate of drug-likeness (QED) is 0.0320. The highest BCUT2D eigenvalue weighted by atomic mass is 16.5. The predicted molar refractivity (Wildman–Crippen MR) is 389 cm³/mol. The van der Waals surface area contributed by atoms with E-state index in [0.717, 1.165) is 38.5 Å². The van der Waals surface area contributed by atoms with E-state index >= 15 is 0 Å². The van der Waals surface area contributed by atoms with Crippen LogP contribution in [0.4, 0.5) is 0 Å². The van der Waals surface area contributed by atoms with Gasteiger partial charge in [0.25, 0.3) is 0 Å². The number of rotatable bonds is 77. The van der Waals surface area contributed by atoms with Crippen molar-refractivity contribution in [1.29, 1.82) is 0 Å². The Hall–Kier alpha value is -1.66. The normalized spacial score (nSPS) is 12.5. The molecule has 1 amide bonds. The monoisotopic (exact) mass is 1240 g/mol. The second kappa shape index (κ2) is 77.8. The van der Waals surface area contributed by atoms with E-state index in [1.807, 2.05) is 0 Å². The van der Waals surface area contributed by atoms with Crippen LogP contribution in [-0.4, -0.2) is 47.4 Å². The highest BCUT2D eigenvalue weighted by Gasteiger charge is 2.20. The van der Waals surface area contributed by atoms with Gasteiger partial charge in [-0.2, -0.15) is 0 Å². The van der Waals surface area contributed by atoms with Crippen molar-refractivity contribution in [3.63, 3.8) is 0 Å². The van der Waals surface area contributed by atoms with E-state index in [2.05, 4.69) is 43.5 Å². The summed E-state index contributed by atoms with van der Waals surface area (Å²) in [6.07, 6.45) is 100. The number of hydrogen-bond donors (Lipinski definition) is 3. The number of aliphatic hydroxyl groups excluding tert-OH is 2. The first kappa shape index (κ1) is 86.3. The highest BCUT2D eigenvalue weighted by Crippen LogP contribution is 2.20. The SMILES string of the molecule is CCCCCCCCC/C=C\CCCCCCCCCC(=O)OCCCCCCCCCCCCCCCCCCCC/C=C\CCCCCCCCCCCCCCCCCCCC(=O)NC(CO)C(O)CCCCCCCCCCCCCCCC. The maximum absolute atomic E-state index is 12.5. The number of carbonyl (C=O) groups is 2. The number of allylic oxidation sites excluding steroid dienone is 4. The fraction of sp³-hybridized carbons (Fsp3) is 0.927. The number of unbranched alkanes of at least 4 members (excludes halogenated alkanes) is 62. The molecular formula is C82H159NO5. The third-order valence-electron chi connectivity index (χ3n) is 19.2. The molecule has 3 N–H and O–H groups in total. The first-order chi connectivity index (χ1) is 43.5. The zero-order valence-corrected chi connectivity index (χ0v) is 60.0. The van der Waals surface area contributed by atoms with Crippen molar-refractivity contribution in [3.05, 3.63) is 24.3 Å². The second-order valence-corrected chi connectivity index (χ2v) is 28.1. The van der Waals surface area contributed by atoms with Crippen LogP contribution in [0.5, 0.6) is 0 Å². The summed E-state index contributed by atoms with van der Waals surface area (Å²) in [4.78, 5) is 24.6. The number of amides is 1. The minimum Gasteiger partial charge on any atom is -0.466 e. The molecule has 0 heterocycles. The Bertz CT molecular complexity index is 1380. The van der Waals surface area contributed by atoms with Crippen molar-refractivity contribution in [1.82, 2.24) is 5.32 Å². The van der Waals surface area contributed by atoms with Gasteiger partial charge in [-0.3, -0.25) is 9.59 Å². The Balaban J connectivity index is 3.30. The van der Waals surface area contributed by atoms with Gasteiger partial charge in [0.1, 0.15) is 0 Å². The van der Waals surface area contributed by atoms with E-state index in [-0.39, 0.29) is 18.5 Å². The average Bonchev–Trinajstić information content (AvgIpc) is 3.58. The zero-order chi connectivity index (χ0) is 63.5. The average molecular weight is 1240 g/mol. The van der Waals surface area contributed by atoms with E-state index in [4.69, 9.17) is 4.74 Å². The second-order valence-electron chi connectivity index (χ2n) is 28.1. The van der Waals surface area contributed by atoms with Crippen molar-refractivity contribution in [2.45, 2.75) is 475 Å². The summed E-state index contributed by atoms with van der Waals surface area (Å²) in [6, 6.07) is -0.537. The number of carbonyl (C=O) groups excluding carboxylic acids is 2. The van der Waals surface area contributed by atoms with Crippen molar-refractivity contribution < 1.29 is 24.5 Å². The van der Waals surface area contributed by atoms with Crippen LogP contribution < -0.4 is 5.32 Å². The third kappa shape index (κ3) is 73.4. The lowest BCUT2D eigenvalue weighted by Gasteiger charge is -2.22. The molecule has 2 atom stereocenters. The van der Waals surface area contributed by atoms with E-state index in [0.29, 0.717) is 25.9 Å². The fourth-order valence-electron chi connectivity index (χ4n) is 13.0. The number of esters is 1. The van der Waals surface area contributed by atoms with Gasteiger partial charge in [0.2, 0.25) is 5.91 Å².